The van der Waals surface area contributed by atoms with E-state index in [9.17, 15) is 0 Å². The molecule has 0 aromatic heterocycles. The first kappa shape index (κ1) is 14.3. The van der Waals surface area contributed by atoms with E-state index in [0.29, 0.717) is 17.6 Å². The van der Waals surface area contributed by atoms with Crippen molar-refractivity contribution in [3.8, 4) is 0 Å². The van der Waals surface area contributed by atoms with Gasteiger partial charge in [-0.2, -0.15) is 0 Å². The Morgan fingerprint density at radius 2 is 2.22 bits per heavy atom. The molecule has 0 N–H and O–H groups in total. The molecule has 0 radical (unpaired) electrons. The molecular weight excluding hydrogens is 268 g/mol. The van der Waals surface area contributed by atoms with Crippen LogP contribution in [0, 0.1) is 5.41 Å². The van der Waals surface area contributed by atoms with Crippen molar-refractivity contribution in [2.45, 2.75) is 38.1 Å². The van der Waals surface area contributed by atoms with Gasteiger partial charge in [-0.25, -0.2) is 0 Å². The molecule has 1 spiro atoms. The first-order valence-electron chi connectivity index (χ1n) is 6.21. The van der Waals surface area contributed by atoms with Crippen LogP contribution in [0.2, 0.25) is 0 Å². The number of hydrogen-bond acceptors (Lipinski definition) is 5. The Labute approximate surface area is 118 Å². The summed E-state index contributed by atoms with van der Waals surface area (Å²) in [6.45, 7) is 7.32. The van der Waals surface area contributed by atoms with Gasteiger partial charge in [0.1, 0.15) is 6.10 Å². The molecule has 1 saturated heterocycles. The van der Waals surface area contributed by atoms with Crippen LogP contribution in [0.3, 0.4) is 0 Å². The summed E-state index contributed by atoms with van der Waals surface area (Å²) in [6, 6.07) is 0. The third-order valence-electron chi connectivity index (χ3n) is 4.04. The summed E-state index contributed by atoms with van der Waals surface area (Å²) >= 11 is 6.64. The second-order valence-electron chi connectivity index (χ2n) is 4.96. The Morgan fingerprint density at radius 1 is 1.56 bits per heavy atom. The van der Waals surface area contributed by atoms with Crippen LogP contribution in [0.1, 0.15) is 26.2 Å². The van der Waals surface area contributed by atoms with Crippen molar-refractivity contribution in [2.24, 2.45) is 5.41 Å². The van der Waals surface area contributed by atoms with Crippen molar-refractivity contribution in [1.29, 1.82) is 0 Å². The van der Waals surface area contributed by atoms with Crippen LogP contribution < -0.4 is 0 Å². The highest BCUT2D eigenvalue weighted by atomic mass is 32.2. The van der Waals surface area contributed by atoms with Gasteiger partial charge in [0.05, 0.1) is 18.6 Å². The minimum Gasteiger partial charge on any atom is -0.474 e. The van der Waals surface area contributed by atoms with Crippen molar-refractivity contribution < 1.29 is 14.2 Å². The Morgan fingerprint density at radius 3 is 2.78 bits per heavy atom. The van der Waals surface area contributed by atoms with Crippen LogP contribution in [0.5, 0.6) is 0 Å². The lowest BCUT2D eigenvalue weighted by atomic mass is 9.78. The molecule has 1 aliphatic heterocycles. The maximum Gasteiger partial charge on any atom is 0.219 e. The molecule has 102 valence electrons. The summed E-state index contributed by atoms with van der Waals surface area (Å²) in [5, 5.41) is 0. The highest BCUT2D eigenvalue weighted by Crippen LogP contribution is 2.54. The summed E-state index contributed by atoms with van der Waals surface area (Å²) in [7, 11) is 0. The molecule has 0 bridgehead atoms. The zero-order valence-electron chi connectivity index (χ0n) is 10.9. The quantitative estimate of drug-likeness (QED) is 0.587. The van der Waals surface area contributed by atoms with Crippen LogP contribution in [0.4, 0.5) is 0 Å². The largest absolute Gasteiger partial charge is 0.474 e. The zero-order chi connectivity index (χ0) is 13.2. The number of thiocarbonyl (C=S) groups is 1. The summed E-state index contributed by atoms with van der Waals surface area (Å²) in [6.07, 6.45) is 6.45. The van der Waals surface area contributed by atoms with E-state index in [0.717, 1.165) is 19.3 Å². The Kier molecular flexibility index (Phi) is 4.36. The van der Waals surface area contributed by atoms with Crippen LogP contribution in [-0.2, 0) is 14.2 Å². The monoisotopic (exact) mass is 288 g/mol. The number of rotatable bonds is 3. The molecule has 18 heavy (non-hydrogen) atoms. The fraction of sp³-hybridized carbons (Fsp3) is 0.769. The molecule has 2 atom stereocenters. The third kappa shape index (κ3) is 2.22. The SMILES string of the molecule is C=CCC1(C)C(OC(=S)SC)CCC12OCCO2. The van der Waals surface area contributed by atoms with Gasteiger partial charge in [-0.3, -0.25) is 0 Å². The smallest absolute Gasteiger partial charge is 0.219 e. The highest BCUT2D eigenvalue weighted by molar-refractivity contribution is 8.22. The van der Waals surface area contributed by atoms with Gasteiger partial charge in [-0.05, 0) is 31.3 Å². The van der Waals surface area contributed by atoms with Crippen molar-refractivity contribution in [2.75, 3.05) is 19.5 Å². The summed E-state index contributed by atoms with van der Waals surface area (Å²) in [5.41, 5.74) is -0.217. The van der Waals surface area contributed by atoms with E-state index in [-0.39, 0.29) is 11.5 Å². The second kappa shape index (κ2) is 5.49. The fourth-order valence-electron chi connectivity index (χ4n) is 3.04. The maximum absolute atomic E-state index is 5.91. The average Bonchev–Trinajstić information content (AvgIpc) is 2.92. The van der Waals surface area contributed by atoms with E-state index in [1.165, 1.54) is 11.8 Å². The van der Waals surface area contributed by atoms with Crippen molar-refractivity contribution in [3.63, 3.8) is 0 Å². The minimum atomic E-state index is -0.514. The van der Waals surface area contributed by atoms with E-state index in [1.807, 2.05) is 12.3 Å². The van der Waals surface area contributed by atoms with Crippen LogP contribution in [0.15, 0.2) is 12.7 Å². The van der Waals surface area contributed by atoms with E-state index in [2.05, 4.69) is 13.5 Å². The number of hydrogen-bond donors (Lipinski definition) is 0. The zero-order valence-corrected chi connectivity index (χ0v) is 12.6. The molecule has 2 fully saturated rings. The number of ether oxygens (including phenoxy) is 3. The predicted molar refractivity (Wildman–Crippen MR) is 77.8 cm³/mol. The first-order valence-corrected chi connectivity index (χ1v) is 7.85. The molecule has 0 amide bonds. The van der Waals surface area contributed by atoms with E-state index in [1.54, 1.807) is 0 Å². The van der Waals surface area contributed by atoms with E-state index >= 15 is 0 Å². The Hall–Kier alpha value is -0.100. The van der Waals surface area contributed by atoms with E-state index < -0.39 is 5.79 Å². The van der Waals surface area contributed by atoms with Gasteiger partial charge in [0.15, 0.2) is 5.79 Å². The topological polar surface area (TPSA) is 27.7 Å². The van der Waals surface area contributed by atoms with Gasteiger partial charge in [0.25, 0.3) is 0 Å². The van der Waals surface area contributed by atoms with Crippen LogP contribution in [0.25, 0.3) is 0 Å². The van der Waals surface area contributed by atoms with Gasteiger partial charge in [-0.15, -0.1) is 6.58 Å². The molecule has 2 aliphatic rings. The maximum atomic E-state index is 5.91. The van der Waals surface area contributed by atoms with E-state index in [4.69, 9.17) is 26.4 Å². The second-order valence-corrected chi connectivity index (χ2v) is 6.37. The predicted octanol–water partition coefficient (Wildman–Crippen LogP) is 3.14. The molecule has 3 nitrogen and oxygen atoms in total. The lowest BCUT2D eigenvalue weighted by Gasteiger charge is -2.41. The van der Waals surface area contributed by atoms with Gasteiger partial charge < -0.3 is 14.2 Å². The average molecular weight is 288 g/mol. The first-order chi connectivity index (χ1) is 8.58. The van der Waals surface area contributed by atoms with Crippen molar-refractivity contribution in [1.82, 2.24) is 0 Å². The van der Waals surface area contributed by atoms with Gasteiger partial charge >= 0.3 is 0 Å². The molecule has 5 heteroatoms. The number of thioether (sulfide) groups is 1. The minimum absolute atomic E-state index is 0.0357. The Balaban J connectivity index is 2.21. The van der Waals surface area contributed by atoms with Crippen molar-refractivity contribution in [3.05, 3.63) is 12.7 Å². The molecule has 2 unspecified atom stereocenters. The molecule has 1 aliphatic carbocycles. The summed E-state index contributed by atoms with van der Waals surface area (Å²) < 4.78 is 18.3. The molecule has 2 rings (SSSR count). The summed E-state index contributed by atoms with van der Waals surface area (Å²) in [5.74, 6) is -0.514. The summed E-state index contributed by atoms with van der Waals surface area (Å²) in [4.78, 5) is 0. The van der Waals surface area contributed by atoms with Crippen LogP contribution in [-0.4, -0.2) is 35.7 Å². The van der Waals surface area contributed by atoms with Crippen molar-refractivity contribution >= 4 is 28.4 Å². The standard InChI is InChI=1S/C13H20O3S2/c1-4-6-12(2)10(16-11(17)18-3)5-7-13(12)14-8-9-15-13/h4,10H,1,5-9H2,2-3H3. The van der Waals surface area contributed by atoms with Gasteiger partial charge in [-0.1, -0.05) is 24.8 Å². The molecular formula is C13H20O3S2. The number of allylic oxidation sites excluding steroid dienone is 1. The molecule has 0 aromatic carbocycles. The molecule has 1 heterocycles. The Bertz CT molecular complexity index is 339. The van der Waals surface area contributed by atoms with Crippen LogP contribution >= 0.6 is 24.0 Å². The highest BCUT2D eigenvalue weighted by Gasteiger charge is 2.62. The third-order valence-corrected chi connectivity index (χ3v) is 5.07. The molecule has 0 aromatic rings. The lowest BCUT2D eigenvalue weighted by Crippen LogP contribution is -2.48. The normalized spacial score (nSPS) is 33.8. The lowest BCUT2D eigenvalue weighted by molar-refractivity contribution is -0.228. The van der Waals surface area contributed by atoms with Gasteiger partial charge in [0.2, 0.25) is 4.38 Å². The van der Waals surface area contributed by atoms with Gasteiger partial charge in [0, 0.05) is 6.42 Å². The molecule has 1 saturated carbocycles. The fourth-order valence-corrected chi connectivity index (χ4v) is 3.37.